The minimum atomic E-state index is -0.476. The molecule has 29 heavy (non-hydrogen) atoms. The third-order valence-corrected chi connectivity index (χ3v) is 5.86. The molecule has 1 atom stereocenters. The number of hydrogen-bond acceptors (Lipinski definition) is 4. The van der Waals surface area contributed by atoms with Crippen LogP contribution in [0.4, 0.5) is 10.1 Å². The highest BCUT2D eigenvalue weighted by atomic mass is 35.5. The second-order valence-corrected chi connectivity index (χ2v) is 7.90. The molecule has 0 bridgehead atoms. The van der Waals surface area contributed by atoms with Gasteiger partial charge in [-0.25, -0.2) is 4.39 Å². The molecule has 2 N–H and O–H groups in total. The van der Waals surface area contributed by atoms with Crippen LogP contribution in [0.15, 0.2) is 53.1 Å². The Morgan fingerprint density at radius 1 is 1.34 bits per heavy atom. The second kappa shape index (κ2) is 9.12. The quantitative estimate of drug-likeness (QED) is 0.733. The van der Waals surface area contributed by atoms with Gasteiger partial charge in [-0.2, -0.15) is 5.26 Å². The van der Waals surface area contributed by atoms with E-state index in [2.05, 4.69) is 16.7 Å². The predicted octanol–water partition coefficient (Wildman–Crippen LogP) is 4.50. The van der Waals surface area contributed by atoms with E-state index in [-0.39, 0.29) is 29.8 Å². The number of thioether (sulfide) groups is 1. The van der Waals surface area contributed by atoms with Gasteiger partial charge in [-0.15, -0.1) is 0 Å². The van der Waals surface area contributed by atoms with Crippen molar-refractivity contribution < 1.29 is 14.0 Å². The van der Waals surface area contributed by atoms with Gasteiger partial charge in [0.2, 0.25) is 11.8 Å². The van der Waals surface area contributed by atoms with E-state index in [0.29, 0.717) is 26.9 Å². The number of carbonyl (C=O) groups is 2. The zero-order chi connectivity index (χ0) is 21.0. The maximum atomic E-state index is 13.2. The van der Waals surface area contributed by atoms with Crippen molar-refractivity contribution in [3.8, 4) is 6.07 Å². The van der Waals surface area contributed by atoms with Gasteiger partial charge in [0.15, 0.2) is 0 Å². The van der Waals surface area contributed by atoms with Gasteiger partial charge in [-0.1, -0.05) is 41.6 Å². The fourth-order valence-corrected chi connectivity index (χ4v) is 3.98. The standard InChI is InChI=1S/C21H17ClFN3O2S/c1-12-2-7-15(8-18(12)22)25-20(28)11-29-21-17(10-24)16(9-19(27)26-21)13-3-5-14(23)6-4-13/h2-8,16H,9,11H2,1H3,(H,25,28)(H,26,27)/t16-/m0/s1. The Morgan fingerprint density at radius 2 is 2.07 bits per heavy atom. The molecule has 2 amide bonds. The van der Waals surface area contributed by atoms with Crippen LogP contribution in [0.1, 0.15) is 23.5 Å². The van der Waals surface area contributed by atoms with Crippen LogP contribution in [-0.4, -0.2) is 17.6 Å². The number of amides is 2. The van der Waals surface area contributed by atoms with Crippen molar-refractivity contribution in [1.82, 2.24) is 5.32 Å². The van der Waals surface area contributed by atoms with Crippen molar-refractivity contribution in [2.24, 2.45) is 0 Å². The normalized spacial score (nSPS) is 16.2. The van der Waals surface area contributed by atoms with E-state index >= 15 is 0 Å². The number of anilines is 1. The largest absolute Gasteiger partial charge is 0.325 e. The Labute approximate surface area is 176 Å². The molecule has 148 valence electrons. The first-order valence-corrected chi connectivity index (χ1v) is 10.1. The van der Waals surface area contributed by atoms with Crippen molar-refractivity contribution in [1.29, 1.82) is 5.26 Å². The van der Waals surface area contributed by atoms with E-state index in [0.717, 1.165) is 17.3 Å². The number of nitrogens with zero attached hydrogens (tertiary/aromatic N) is 1. The molecule has 2 aromatic rings. The van der Waals surface area contributed by atoms with Crippen molar-refractivity contribution in [2.75, 3.05) is 11.1 Å². The number of hydrogen-bond donors (Lipinski definition) is 2. The number of nitrogens with one attached hydrogen (secondary N) is 2. The first kappa shape index (κ1) is 20.9. The molecule has 0 saturated heterocycles. The van der Waals surface area contributed by atoms with E-state index in [1.165, 1.54) is 12.1 Å². The molecule has 0 fully saturated rings. The molecule has 5 nitrogen and oxygen atoms in total. The third kappa shape index (κ3) is 5.17. The summed E-state index contributed by atoms with van der Waals surface area (Å²) in [4.78, 5) is 24.4. The van der Waals surface area contributed by atoms with Crippen LogP contribution >= 0.6 is 23.4 Å². The lowest BCUT2D eigenvalue weighted by molar-refractivity contribution is -0.121. The molecule has 8 heteroatoms. The van der Waals surface area contributed by atoms with Crippen LogP contribution in [-0.2, 0) is 9.59 Å². The molecule has 1 aliphatic heterocycles. The van der Waals surface area contributed by atoms with Crippen LogP contribution in [0, 0.1) is 24.1 Å². The lowest BCUT2D eigenvalue weighted by Crippen LogP contribution is -2.31. The highest BCUT2D eigenvalue weighted by Gasteiger charge is 2.29. The molecule has 0 spiro atoms. The Balaban J connectivity index is 1.74. The monoisotopic (exact) mass is 429 g/mol. The molecule has 3 rings (SSSR count). The topological polar surface area (TPSA) is 82.0 Å². The van der Waals surface area contributed by atoms with Gasteiger partial charge in [-0.05, 0) is 42.3 Å². The number of halogens is 2. The summed E-state index contributed by atoms with van der Waals surface area (Å²) in [6, 6.07) is 13.0. The van der Waals surface area contributed by atoms with E-state index < -0.39 is 5.92 Å². The average molecular weight is 430 g/mol. The first-order chi connectivity index (χ1) is 13.9. The molecule has 0 unspecified atom stereocenters. The fraction of sp³-hybridized carbons (Fsp3) is 0.190. The molecule has 1 heterocycles. The van der Waals surface area contributed by atoms with E-state index in [4.69, 9.17) is 11.6 Å². The first-order valence-electron chi connectivity index (χ1n) is 8.75. The van der Waals surface area contributed by atoms with Crippen LogP contribution < -0.4 is 10.6 Å². The Bertz CT molecular complexity index is 1030. The van der Waals surface area contributed by atoms with Gasteiger partial charge in [0.05, 0.1) is 22.4 Å². The molecular formula is C21H17ClFN3O2S. The molecule has 0 aromatic heterocycles. The number of carbonyl (C=O) groups excluding carboxylic acids is 2. The van der Waals surface area contributed by atoms with Crippen LogP contribution in [0.3, 0.4) is 0 Å². The highest BCUT2D eigenvalue weighted by molar-refractivity contribution is 8.03. The van der Waals surface area contributed by atoms with E-state index in [1.54, 1.807) is 30.3 Å². The average Bonchev–Trinajstić information content (AvgIpc) is 2.69. The van der Waals surface area contributed by atoms with E-state index in [9.17, 15) is 19.2 Å². The van der Waals surface area contributed by atoms with Crippen molar-refractivity contribution in [3.63, 3.8) is 0 Å². The lowest BCUT2D eigenvalue weighted by Gasteiger charge is -2.25. The number of allylic oxidation sites excluding steroid dienone is 1. The maximum Gasteiger partial charge on any atom is 0.234 e. The lowest BCUT2D eigenvalue weighted by atomic mass is 9.87. The smallest absolute Gasteiger partial charge is 0.234 e. The minimum Gasteiger partial charge on any atom is -0.325 e. The highest BCUT2D eigenvalue weighted by Crippen LogP contribution is 2.36. The Hall–Kier alpha value is -2.82. The van der Waals surface area contributed by atoms with Crippen molar-refractivity contribution in [2.45, 2.75) is 19.3 Å². The fourth-order valence-electron chi connectivity index (χ4n) is 2.92. The number of nitriles is 1. The molecule has 0 aliphatic carbocycles. The SMILES string of the molecule is Cc1ccc(NC(=O)CSC2=C(C#N)[C@H](c3ccc(F)cc3)CC(=O)N2)cc1Cl. The predicted molar refractivity (Wildman–Crippen MR) is 112 cm³/mol. The van der Waals surface area contributed by atoms with Gasteiger partial charge < -0.3 is 10.6 Å². The van der Waals surface area contributed by atoms with E-state index in [1.807, 2.05) is 6.92 Å². The Morgan fingerprint density at radius 3 is 2.72 bits per heavy atom. The van der Waals surface area contributed by atoms with Crippen LogP contribution in [0.25, 0.3) is 0 Å². The van der Waals surface area contributed by atoms with Gasteiger partial charge in [-0.3, -0.25) is 9.59 Å². The maximum absolute atomic E-state index is 13.2. The van der Waals surface area contributed by atoms with Crippen molar-refractivity contribution >= 4 is 40.9 Å². The molecular weight excluding hydrogens is 413 g/mol. The van der Waals surface area contributed by atoms with Gasteiger partial charge in [0, 0.05) is 23.0 Å². The minimum absolute atomic E-state index is 0.00241. The Kier molecular flexibility index (Phi) is 6.57. The molecule has 2 aromatic carbocycles. The number of rotatable bonds is 5. The molecule has 0 saturated carbocycles. The second-order valence-electron chi connectivity index (χ2n) is 6.51. The molecule has 0 radical (unpaired) electrons. The zero-order valence-electron chi connectivity index (χ0n) is 15.5. The van der Waals surface area contributed by atoms with Crippen LogP contribution in [0.2, 0.25) is 5.02 Å². The van der Waals surface area contributed by atoms with Gasteiger partial charge in [0.1, 0.15) is 5.82 Å². The summed E-state index contributed by atoms with van der Waals surface area (Å²) in [6.07, 6.45) is 0.0899. The van der Waals surface area contributed by atoms with Gasteiger partial charge in [0.25, 0.3) is 0 Å². The van der Waals surface area contributed by atoms with Gasteiger partial charge >= 0.3 is 0 Å². The molecule has 1 aliphatic rings. The summed E-state index contributed by atoms with van der Waals surface area (Å²) < 4.78 is 13.2. The summed E-state index contributed by atoms with van der Waals surface area (Å²) in [6.45, 7) is 1.86. The summed E-state index contributed by atoms with van der Waals surface area (Å²) in [5.74, 6) is -1.41. The van der Waals surface area contributed by atoms with Crippen molar-refractivity contribution in [3.05, 3.63) is 75.0 Å². The summed E-state index contributed by atoms with van der Waals surface area (Å²) in [7, 11) is 0. The number of aryl methyl sites for hydroxylation is 1. The van der Waals surface area contributed by atoms with Crippen LogP contribution in [0.5, 0.6) is 0 Å². The third-order valence-electron chi connectivity index (χ3n) is 4.43. The summed E-state index contributed by atoms with van der Waals surface area (Å²) in [5, 5.41) is 15.9. The summed E-state index contributed by atoms with van der Waals surface area (Å²) in [5.41, 5.74) is 2.50. The number of benzene rings is 2. The zero-order valence-corrected chi connectivity index (χ0v) is 17.0. The summed E-state index contributed by atoms with van der Waals surface area (Å²) >= 11 is 7.14.